The Labute approximate surface area is 108 Å². The third-order valence-corrected chi connectivity index (χ3v) is 3.10. The van der Waals surface area contributed by atoms with Gasteiger partial charge in [0.05, 0.1) is 5.52 Å². The first-order valence-electron chi connectivity index (χ1n) is 6.26. The zero-order valence-corrected chi connectivity index (χ0v) is 11.0. The minimum absolute atomic E-state index is 0.167. The SMILES string of the molecule is CC(C)(CCN)CNc1ncnc2ccccc12. The van der Waals surface area contributed by atoms with Crippen LogP contribution >= 0.6 is 0 Å². The van der Waals surface area contributed by atoms with Crippen molar-refractivity contribution in [1.29, 1.82) is 0 Å². The number of benzene rings is 1. The minimum Gasteiger partial charge on any atom is -0.369 e. The van der Waals surface area contributed by atoms with Crippen LogP contribution in [0.4, 0.5) is 5.82 Å². The molecule has 0 aliphatic heterocycles. The number of nitrogens with zero attached hydrogens (tertiary/aromatic N) is 2. The average Bonchev–Trinajstić information content (AvgIpc) is 2.36. The van der Waals surface area contributed by atoms with Crippen LogP contribution in [0.3, 0.4) is 0 Å². The molecule has 4 nitrogen and oxygen atoms in total. The van der Waals surface area contributed by atoms with Gasteiger partial charge in [0.2, 0.25) is 0 Å². The molecule has 1 aromatic heterocycles. The van der Waals surface area contributed by atoms with Crippen LogP contribution in [0.5, 0.6) is 0 Å². The molecule has 0 aliphatic carbocycles. The van der Waals surface area contributed by atoms with E-state index in [0.29, 0.717) is 6.54 Å². The van der Waals surface area contributed by atoms with Crippen molar-refractivity contribution in [3.05, 3.63) is 30.6 Å². The molecule has 4 heteroatoms. The number of nitrogens with two attached hydrogens (primary N) is 1. The van der Waals surface area contributed by atoms with Crippen LogP contribution in [0.15, 0.2) is 30.6 Å². The highest BCUT2D eigenvalue weighted by Gasteiger charge is 2.17. The Kier molecular flexibility index (Phi) is 3.77. The lowest BCUT2D eigenvalue weighted by molar-refractivity contribution is 0.365. The van der Waals surface area contributed by atoms with Gasteiger partial charge in [0.15, 0.2) is 0 Å². The third-order valence-electron chi connectivity index (χ3n) is 3.10. The minimum atomic E-state index is 0.167. The van der Waals surface area contributed by atoms with Crippen molar-refractivity contribution >= 4 is 16.7 Å². The van der Waals surface area contributed by atoms with Crippen LogP contribution in [0.2, 0.25) is 0 Å². The van der Waals surface area contributed by atoms with Crippen molar-refractivity contribution in [3.63, 3.8) is 0 Å². The van der Waals surface area contributed by atoms with Crippen LogP contribution in [-0.4, -0.2) is 23.1 Å². The van der Waals surface area contributed by atoms with Crippen LogP contribution in [-0.2, 0) is 0 Å². The summed E-state index contributed by atoms with van der Waals surface area (Å²) in [5.74, 6) is 0.894. The van der Waals surface area contributed by atoms with Gasteiger partial charge in [-0.3, -0.25) is 0 Å². The zero-order valence-electron chi connectivity index (χ0n) is 11.0. The standard InChI is InChI=1S/C14H20N4/c1-14(2,7-8-15)9-16-13-11-5-3-4-6-12(11)17-10-18-13/h3-6,10H,7-9,15H2,1-2H3,(H,16,17,18). The van der Waals surface area contributed by atoms with Gasteiger partial charge in [-0.15, -0.1) is 0 Å². The van der Waals surface area contributed by atoms with Crippen molar-refractivity contribution in [2.75, 3.05) is 18.4 Å². The molecule has 0 fully saturated rings. The lowest BCUT2D eigenvalue weighted by atomic mass is 9.89. The monoisotopic (exact) mass is 244 g/mol. The maximum absolute atomic E-state index is 5.62. The van der Waals surface area contributed by atoms with E-state index in [0.717, 1.165) is 29.7 Å². The molecule has 0 unspecified atom stereocenters. The van der Waals surface area contributed by atoms with Crippen LogP contribution < -0.4 is 11.1 Å². The Hall–Kier alpha value is -1.68. The molecule has 18 heavy (non-hydrogen) atoms. The molecule has 0 saturated carbocycles. The summed E-state index contributed by atoms with van der Waals surface area (Å²) in [7, 11) is 0. The highest BCUT2D eigenvalue weighted by molar-refractivity contribution is 5.88. The molecule has 2 aromatic rings. The normalized spacial score (nSPS) is 11.7. The first-order chi connectivity index (χ1) is 8.62. The van der Waals surface area contributed by atoms with Crippen molar-refractivity contribution in [2.24, 2.45) is 11.1 Å². The molecular weight excluding hydrogens is 224 g/mol. The smallest absolute Gasteiger partial charge is 0.137 e. The molecule has 2 rings (SSSR count). The molecule has 0 bridgehead atoms. The summed E-state index contributed by atoms with van der Waals surface area (Å²) in [6, 6.07) is 8.01. The number of nitrogens with one attached hydrogen (secondary N) is 1. The summed E-state index contributed by atoms with van der Waals surface area (Å²) in [6.07, 6.45) is 2.59. The maximum atomic E-state index is 5.62. The zero-order chi connectivity index (χ0) is 13.0. The molecule has 1 aromatic carbocycles. The summed E-state index contributed by atoms with van der Waals surface area (Å²) < 4.78 is 0. The van der Waals surface area contributed by atoms with E-state index in [2.05, 4.69) is 29.1 Å². The van der Waals surface area contributed by atoms with Gasteiger partial charge >= 0.3 is 0 Å². The molecule has 0 amide bonds. The second-order valence-corrected chi connectivity index (χ2v) is 5.30. The fourth-order valence-corrected chi connectivity index (χ4v) is 1.95. The molecule has 0 aliphatic rings. The summed E-state index contributed by atoms with van der Waals surface area (Å²) in [5, 5.41) is 4.46. The number of aromatic nitrogens is 2. The molecular formula is C14H20N4. The quantitative estimate of drug-likeness (QED) is 0.847. The van der Waals surface area contributed by atoms with E-state index < -0.39 is 0 Å². The number of hydrogen-bond acceptors (Lipinski definition) is 4. The lowest BCUT2D eigenvalue weighted by Crippen LogP contribution is -2.26. The van der Waals surface area contributed by atoms with Crippen molar-refractivity contribution in [1.82, 2.24) is 9.97 Å². The lowest BCUT2D eigenvalue weighted by Gasteiger charge is -2.24. The molecule has 0 spiro atoms. The van der Waals surface area contributed by atoms with Gasteiger partial charge in [0.1, 0.15) is 12.1 Å². The Morgan fingerprint density at radius 1 is 1.22 bits per heavy atom. The van der Waals surface area contributed by atoms with Gasteiger partial charge in [-0.05, 0) is 30.5 Å². The van der Waals surface area contributed by atoms with Crippen LogP contribution in [0.1, 0.15) is 20.3 Å². The summed E-state index contributed by atoms with van der Waals surface area (Å²) in [5.41, 5.74) is 6.75. The topological polar surface area (TPSA) is 63.8 Å². The maximum Gasteiger partial charge on any atom is 0.137 e. The molecule has 0 atom stereocenters. The number of fused-ring (bicyclic) bond motifs is 1. The van der Waals surface area contributed by atoms with Gasteiger partial charge in [-0.25, -0.2) is 9.97 Å². The highest BCUT2D eigenvalue weighted by Crippen LogP contribution is 2.23. The summed E-state index contributed by atoms with van der Waals surface area (Å²) in [4.78, 5) is 8.57. The number of para-hydroxylation sites is 1. The first-order valence-corrected chi connectivity index (χ1v) is 6.26. The molecule has 0 saturated heterocycles. The van der Waals surface area contributed by atoms with Crippen molar-refractivity contribution in [3.8, 4) is 0 Å². The molecule has 1 heterocycles. The fraction of sp³-hybridized carbons (Fsp3) is 0.429. The van der Waals surface area contributed by atoms with Crippen LogP contribution in [0, 0.1) is 5.41 Å². The van der Waals surface area contributed by atoms with Gasteiger partial charge in [-0.2, -0.15) is 0 Å². The summed E-state index contributed by atoms with van der Waals surface area (Å²) >= 11 is 0. The molecule has 0 radical (unpaired) electrons. The van der Waals surface area contributed by atoms with E-state index in [4.69, 9.17) is 5.73 Å². The predicted octanol–water partition coefficient (Wildman–Crippen LogP) is 2.42. The second-order valence-electron chi connectivity index (χ2n) is 5.30. The predicted molar refractivity (Wildman–Crippen MR) is 75.5 cm³/mol. The van der Waals surface area contributed by atoms with E-state index >= 15 is 0 Å². The van der Waals surface area contributed by atoms with Crippen molar-refractivity contribution in [2.45, 2.75) is 20.3 Å². The second kappa shape index (κ2) is 5.31. The Morgan fingerprint density at radius 2 is 2.00 bits per heavy atom. The average molecular weight is 244 g/mol. The Balaban J connectivity index is 2.17. The van der Waals surface area contributed by atoms with E-state index in [9.17, 15) is 0 Å². The number of rotatable bonds is 5. The highest BCUT2D eigenvalue weighted by atomic mass is 15.0. The van der Waals surface area contributed by atoms with E-state index in [-0.39, 0.29) is 5.41 Å². The largest absolute Gasteiger partial charge is 0.369 e. The number of anilines is 1. The van der Waals surface area contributed by atoms with Gasteiger partial charge < -0.3 is 11.1 Å². The molecule has 3 N–H and O–H groups in total. The van der Waals surface area contributed by atoms with Crippen molar-refractivity contribution < 1.29 is 0 Å². The van der Waals surface area contributed by atoms with Gasteiger partial charge in [0.25, 0.3) is 0 Å². The van der Waals surface area contributed by atoms with Gasteiger partial charge in [-0.1, -0.05) is 26.0 Å². The molecule has 96 valence electrons. The van der Waals surface area contributed by atoms with Gasteiger partial charge in [0, 0.05) is 11.9 Å². The third kappa shape index (κ3) is 2.96. The summed E-state index contributed by atoms with van der Waals surface area (Å²) in [6.45, 7) is 5.97. The fourth-order valence-electron chi connectivity index (χ4n) is 1.95. The van der Waals surface area contributed by atoms with E-state index in [1.165, 1.54) is 0 Å². The van der Waals surface area contributed by atoms with Crippen LogP contribution in [0.25, 0.3) is 10.9 Å². The Bertz CT molecular complexity index is 517. The van der Waals surface area contributed by atoms with E-state index in [1.54, 1.807) is 6.33 Å². The number of hydrogen-bond donors (Lipinski definition) is 2. The van der Waals surface area contributed by atoms with E-state index in [1.807, 2.05) is 24.3 Å². The Morgan fingerprint density at radius 3 is 2.78 bits per heavy atom. The first kappa shape index (κ1) is 12.8.